The van der Waals surface area contributed by atoms with Gasteiger partial charge in [-0.15, -0.1) is 11.3 Å². The molecule has 6 heteroatoms. The topological polar surface area (TPSA) is 71.1 Å². The highest BCUT2D eigenvalue weighted by atomic mass is 32.1. The zero-order chi connectivity index (χ0) is 15.4. The summed E-state index contributed by atoms with van der Waals surface area (Å²) >= 11 is 1.62. The largest absolute Gasteiger partial charge is 0.354 e. The monoisotopic (exact) mass is 317 g/mol. The van der Waals surface area contributed by atoms with Gasteiger partial charge in [-0.25, -0.2) is 4.98 Å². The van der Waals surface area contributed by atoms with Crippen LogP contribution in [-0.4, -0.2) is 29.4 Å². The van der Waals surface area contributed by atoms with Gasteiger partial charge in [0.05, 0.1) is 15.2 Å². The number of nitrogens with one attached hydrogen (secondary N) is 2. The van der Waals surface area contributed by atoms with Crippen molar-refractivity contribution >= 4 is 33.4 Å². The van der Waals surface area contributed by atoms with Crippen LogP contribution in [0.2, 0.25) is 0 Å². The number of fused-ring (bicyclic) bond motifs is 1. The molecule has 0 bridgehead atoms. The summed E-state index contributed by atoms with van der Waals surface area (Å²) in [5.74, 6) is -0.146. The summed E-state index contributed by atoms with van der Waals surface area (Å²) in [6.07, 6.45) is 3.63. The average Bonchev–Trinajstić information content (AvgIpc) is 2.83. The van der Waals surface area contributed by atoms with Crippen LogP contribution in [0.4, 0.5) is 0 Å². The second-order valence-corrected chi connectivity index (χ2v) is 6.60. The number of hydrogen-bond acceptors (Lipinski definition) is 4. The fourth-order valence-electron chi connectivity index (χ4n) is 2.59. The number of carbonyl (C=O) groups is 2. The summed E-state index contributed by atoms with van der Waals surface area (Å²) in [6.45, 7) is 0.705. The lowest BCUT2D eigenvalue weighted by Gasteiger charge is -2.14. The fraction of sp³-hybridized carbons (Fsp3) is 0.438. The Balaban J connectivity index is 1.54. The third kappa shape index (κ3) is 3.62. The second-order valence-electron chi connectivity index (χ2n) is 5.48. The molecular weight excluding hydrogens is 298 g/mol. The summed E-state index contributed by atoms with van der Waals surface area (Å²) in [7, 11) is 0. The molecule has 2 amide bonds. The summed E-state index contributed by atoms with van der Waals surface area (Å²) < 4.78 is 1.14. The van der Waals surface area contributed by atoms with Crippen molar-refractivity contribution in [3.05, 3.63) is 29.3 Å². The van der Waals surface area contributed by atoms with E-state index < -0.39 is 0 Å². The van der Waals surface area contributed by atoms with E-state index in [9.17, 15) is 9.59 Å². The van der Waals surface area contributed by atoms with Gasteiger partial charge >= 0.3 is 0 Å². The highest BCUT2D eigenvalue weighted by Gasteiger charge is 2.22. The van der Waals surface area contributed by atoms with E-state index in [1.165, 1.54) is 0 Å². The van der Waals surface area contributed by atoms with Crippen molar-refractivity contribution in [3.63, 3.8) is 0 Å². The van der Waals surface area contributed by atoms with E-state index in [4.69, 9.17) is 0 Å². The van der Waals surface area contributed by atoms with Gasteiger partial charge in [-0.05, 0) is 31.4 Å². The normalized spacial score (nSPS) is 18.7. The van der Waals surface area contributed by atoms with Crippen molar-refractivity contribution in [2.45, 2.75) is 38.1 Å². The van der Waals surface area contributed by atoms with Crippen LogP contribution in [0, 0.1) is 0 Å². The average molecular weight is 317 g/mol. The molecule has 0 unspecified atom stereocenters. The minimum atomic E-state index is -0.384. The van der Waals surface area contributed by atoms with Crippen molar-refractivity contribution < 1.29 is 9.59 Å². The lowest BCUT2D eigenvalue weighted by Crippen LogP contribution is -2.45. The molecule has 3 rings (SSSR count). The fourth-order valence-corrected chi connectivity index (χ4v) is 3.56. The van der Waals surface area contributed by atoms with Gasteiger partial charge in [0.1, 0.15) is 6.04 Å². The van der Waals surface area contributed by atoms with Crippen molar-refractivity contribution in [1.29, 1.82) is 0 Å². The van der Waals surface area contributed by atoms with E-state index in [0.29, 0.717) is 19.4 Å². The van der Waals surface area contributed by atoms with Crippen LogP contribution in [0.5, 0.6) is 0 Å². The third-order valence-corrected chi connectivity index (χ3v) is 4.87. The van der Waals surface area contributed by atoms with Crippen LogP contribution in [0.1, 0.15) is 30.7 Å². The number of aromatic nitrogens is 1. The highest BCUT2D eigenvalue weighted by molar-refractivity contribution is 7.18. The first-order chi connectivity index (χ1) is 10.7. The van der Waals surface area contributed by atoms with Crippen LogP contribution in [-0.2, 0) is 16.0 Å². The van der Waals surface area contributed by atoms with E-state index in [0.717, 1.165) is 34.5 Å². The van der Waals surface area contributed by atoms with Gasteiger partial charge in [0.2, 0.25) is 11.8 Å². The number of aryl methyl sites for hydroxylation is 1. The molecule has 1 aliphatic heterocycles. The maximum Gasteiger partial charge on any atom is 0.242 e. The van der Waals surface area contributed by atoms with Gasteiger partial charge in [0.15, 0.2) is 0 Å². The van der Waals surface area contributed by atoms with Gasteiger partial charge in [0, 0.05) is 19.4 Å². The Morgan fingerprint density at radius 3 is 3.09 bits per heavy atom. The molecule has 1 saturated heterocycles. The minimum absolute atomic E-state index is 0.0640. The molecule has 0 spiro atoms. The standard InChI is InChI=1S/C16H19N3O2S/c20-14(18-12-6-3-4-10-17-16(12)21)8-9-15-19-11-5-1-2-7-13(11)22-15/h1-2,5,7,12H,3-4,6,8-10H2,(H,17,21)(H,18,20)/t12-/m1/s1. The lowest BCUT2D eigenvalue weighted by molar-refractivity contribution is -0.128. The first-order valence-corrected chi connectivity index (χ1v) is 8.45. The quantitative estimate of drug-likeness (QED) is 0.906. The molecule has 22 heavy (non-hydrogen) atoms. The highest BCUT2D eigenvalue weighted by Crippen LogP contribution is 2.22. The zero-order valence-corrected chi connectivity index (χ0v) is 13.1. The number of amides is 2. The number of hydrogen-bond donors (Lipinski definition) is 2. The van der Waals surface area contributed by atoms with E-state index in [2.05, 4.69) is 15.6 Å². The third-order valence-electron chi connectivity index (χ3n) is 3.77. The summed E-state index contributed by atoms with van der Waals surface area (Å²) in [5.41, 5.74) is 0.978. The molecule has 2 aromatic rings. The van der Waals surface area contributed by atoms with Crippen molar-refractivity contribution in [2.75, 3.05) is 6.54 Å². The molecule has 0 saturated carbocycles. The molecule has 1 atom stereocenters. The van der Waals surface area contributed by atoms with Gasteiger partial charge in [-0.2, -0.15) is 0 Å². The van der Waals surface area contributed by atoms with E-state index in [1.807, 2.05) is 24.3 Å². The van der Waals surface area contributed by atoms with E-state index in [-0.39, 0.29) is 17.9 Å². The van der Waals surface area contributed by atoms with Crippen molar-refractivity contribution in [1.82, 2.24) is 15.6 Å². The minimum Gasteiger partial charge on any atom is -0.354 e. The summed E-state index contributed by atoms with van der Waals surface area (Å²) in [6, 6.07) is 7.58. The smallest absolute Gasteiger partial charge is 0.242 e. The molecular formula is C16H19N3O2S. The van der Waals surface area contributed by atoms with Crippen molar-refractivity contribution in [2.24, 2.45) is 0 Å². The molecule has 0 radical (unpaired) electrons. The lowest BCUT2D eigenvalue weighted by atomic mass is 10.1. The number of para-hydroxylation sites is 1. The molecule has 1 aromatic heterocycles. The van der Waals surface area contributed by atoms with E-state index in [1.54, 1.807) is 11.3 Å². The SMILES string of the molecule is O=C(CCc1nc2ccccc2s1)N[C@@H]1CCCCNC1=O. The summed E-state index contributed by atoms with van der Waals surface area (Å²) in [5, 5.41) is 6.63. The van der Waals surface area contributed by atoms with Crippen LogP contribution in [0.15, 0.2) is 24.3 Å². The molecule has 1 aromatic carbocycles. The number of carbonyl (C=O) groups excluding carboxylic acids is 2. The Morgan fingerprint density at radius 1 is 1.36 bits per heavy atom. The molecule has 0 aliphatic carbocycles. The predicted molar refractivity (Wildman–Crippen MR) is 86.7 cm³/mol. The molecule has 1 aliphatic rings. The van der Waals surface area contributed by atoms with Gasteiger partial charge in [0.25, 0.3) is 0 Å². The molecule has 1 fully saturated rings. The number of nitrogens with zero attached hydrogens (tertiary/aromatic N) is 1. The molecule has 5 nitrogen and oxygen atoms in total. The van der Waals surface area contributed by atoms with Crippen molar-refractivity contribution in [3.8, 4) is 0 Å². The van der Waals surface area contributed by atoms with Gasteiger partial charge < -0.3 is 10.6 Å². The Bertz CT molecular complexity index is 650. The first kappa shape index (κ1) is 15.0. The van der Waals surface area contributed by atoms with Crippen LogP contribution < -0.4 is 10.6 Å². The Hall–Kier alpha value is -1.95. The van der Waals surface area contributed by atoms with Gasteiger partial charge in [-0.1, -0.05) is 12.1 Å². The molecule has 116 valence electrons. The Morgan fingerprint density at radius 2 is 2.23 bits per heavy atom. The van der Waals surface area contributed by atoms with E-state index >= 15 is 0 Å². The second kappa shape index (κ2) is 6.87. The first-order valence-electron chi connectivity index (χ1n) is 7.64. The maximum atomic E-state index is 12.0. The maximum absolute atomic E-state index is 12.0. The molecule has 2 N–H and O–H groups in total. The predicted octanol–water partition coefficient (Wildman–Crippen LogP) is 2.01. The molecule has 2 heterocycles. The zero-order valence-electron chi connectivity index (χ0n) is 12.3. The van der Waals surface area contributed by atoms with Crippen LogP contribution in [0.3, 0.4) is 0 Å². The Labute approximate surface area is 133 Å². The number of thiazole rings is 1. The Kier molecular flexibility index (Phi) is 4.68. The van der Waals surface area contributed by atoms with Crippen LogP contribution in [0.25, 0.3) is 10.2 Å². The number of rotatable bonds is 4. The van der Waals surface area contributed by atoms with Gasteiger partial charge in [-0.3, -0.25) is 9.59 Å². The summed E-state index contributed by atoms with van der Waals surface area (Å²) in [4.78, 5) is 28.4. The van der Waals surface area contributed by atoms with Crippen LogP contribution >= 0.6 is 11.3 Å². The number of benzene rings is 1.